The number of carbonyl (C=O) groups excluding carboxylic acids is 1. The molecular formula is C24H18N4O3. The maximum absolute atomic E-state index is 13.2. The van der Waals surface area contributed by atoms with Crippen molar-refractivity contribution in [1.82, 2.24) is 19.2 Å². The molecule has 0 aliphatic carbocycles. The molecule has 0 amide bonds. The fraction of sp³-hybridized carbons (Fsp3) is 0.0833. The number of fused-ring (bicyclic) bond motifs is 3. The fourth-order valence-corrected chi connectivity index (χ4v) is 3.76. The summed E-state index contributed by atoms with van der Waals surface area (Å²) in [6.45, 7) is 0.325. The summed E-state index contributed by atoms with van der Waals surface area (Å²) in [5.74, 6) is -0.545. The van der Waals surface area contributed by atoms with Crippen LogP contribution in [0.5, 0.6) is 0 Å². The molecule has 3 heterocycles. The SMILES string of the molecule is COC(=O)c1cn(Cc2ccccc2)c(=O)c2cnc3c(-c4ccccc4)cnn3c12. The number of esters is 1. The Balaban J connectivity index is 1.78. The summed E-state index contributed by atoms with van der Waals surface area (Å²) >= 11 is 0. The maximum Gasteiger partial charge on any atom is 0.341 e. The van der Waals surface area contributed by atoms with Crippen LogP contribution < -0.4 is 5.56 Å². The molecule has 5 rings (SSSR count). The summed E-state index contributed by atoms with van der Waals surface area (Å²) in [5.41, 5.74) is 3.64. The highest BCUT2D eigenvalue weighted by Gasteiger charge is 2.21. The van der Waals surface area contributed by atoms with E-state index >= 15 is 0 Å². The van der Waals surface area contributed by atoms with Gasteiger partial charge in [-0.05, 0) is 11.1 Å². The zero-order valence-corrected chi connectivity index (χ0v) is 16.7. The van der Waals surface area contributed by atoms with Gasteiger partial charge in [-0.2, -0.15) is 5.10 Å². The van der Waals surface area contributed by atoms with Crippen LogP contribution in [0.3, 0.4) is 0 Å². The molecule has 7 nitrogen and oxygen atoms in total. The molecule has 0 aliphatic heterocycles. The summed E-state index contributed by atoms with van der Waals surface area (Å²) in [5, 5.41) is 4.75. The quantitative estimate of drug-likeness (QED) is 0.424. The van der Waals surface area contributed by atoms with E-state index in [4.69, 9.17) is 4.74 Å². The second kappa shape index (κ2) is 7.53. The molecule has 31 heavy (non-hydrogen) atoms. The Morgan fingerprint density at radius 3 is 2.42 bits per heavy atom. The number of hydrogen-bond acceptors (Lipinski definition) is 5. The van der Waals surface area contributed by atoms with Gasteiger partial charge in [0.25, 0.3) is 5.56 Å². The molecule has 0 radical (unpaired) electrons. The lowest BCUT2D eigenvalue weighted by Crippen LogP contribution is -2.24. The molecule has 0 spiro atoms. The van der Waals surface area contributed by atoms with Gasteiger partial charge < -0.3 is 9.30 Å². The summed E-state index contributed by atoms with van der Waals surface area (Å²) in [4.78, 5) is 30.4. The first-order valence-electron chi connectivity index (χ1n) is 9.75. The highest BCUT2D eigenvalue weighted by molar-refractivity contribution is 6.03. The van der Waals surface area contributed by atoms with Crippen LogP contribution in [0, 0.1) is 0 Å². The number of methoxy groups -OCH3 is 1. The van der Waals surface area contributed by atoms with E-state index in [2.05, 4.69) is 10.1 Å². The topological polar surface area (TPSA) is 78.5 Å². The Hall–Kier alpha value is -4.26. The van der Waals surface area contributed by atoms with Crippen molar-refractivity contribution in [2.24, 2.45) is 0 Å². The van der Waals surface area contributed by atoms with Crippen LogP contribution >= 0.6 is 0 Å². The monoisotopic (exact) mass is 410 g/mol. The van der Waals surface area contributed by atoms with Crippen molar-refractivity contribution in [3.63, 3.8) is 0 Å². The smallest absolute Gasteiger partial charge is 0.341 e. The van der Waals surface area contributed by atoms with Crippen LogP contribution in [0.1, 0.15) is 15.9 Å². The van der Waals surface area contributed by atoms with E-state index in [1.807, 2.05) is 60.7 Å². The first-order chi connectivity index (χ1) is 15.2. The number of pyridine rings is 1. The van der Waals surface area contributed by atoms with E-state index in [0.717, 1.165) is 16.7 Å². The van der Waals surface area contributed by atoms with Gasteiger partial charge in [0.1, 0.15) is 5.56 Å². The lowest BCUT2D eigenvalue weighted by atomic mass is 10.1. The summed E-state index contributed by atoms with van der Waals surface area (Å²) in [7, 11) is 1.32. The Morgan fingerprint density at radius 1 is 1.00 bits per heavy atom. The third kappa shape index (κ3) is 3.16. The summed E-state index contributed by atoms with van der Waals surface area (Å²) < 4.78 is 8.05. The molecule has 3 aromatic heterocycles. The first-order valence-corrected chi connectivity index (χ1v) is 9.75. The minimum atomic E-state index is -0.545. The van der Waals surface area contributed by atoms with E-state index in [-0.39, 0.29) is 11.1 Å². The summed E-state index contributed by atoms with van der Waals surface area (Å²) in [6, 6.07) is 19.3. The van der Waals surface area contributed by atoms with Gasteiger partial charge in [0, 0.05) is 18.0 Å². The standard InChI is InChI=1S/C24H18N4O3/c1-31-24(30)20-15-27(14-16-8-4-2-5-9-16)23(29)19-12-25-22-18(13-26-28(22)21(19)20)17-10-6-3-7-11-17/h2-13,15H,14H2,1H3. The van der Waals surface area contributed by atoms with Crippen molar-refractivity contribution in [2.45, 2.75) is 6.54 Å². The van der Waals surface area contributed by atoms with E-state index in [1.54, 1.807) is 6.20 Å². The Morgan fingerprint density at radius 2 is 1.71 bits per heavy atom. The van der Waals surface area contributed by atoms with E-state index in [0.29, 0.717) is 23.1 Å². The van der Waals surface area contributed by atoms with Gasteiger partial charge >= 0.3 is 5.97 Å². The third-order valence-electron chi connectivity index (χ3n) is 5.24. The van der Waals surface area contributed by atoms with Crippen molar-refractivity contribution in [3.8, 4) is 11.1 Å². The minimum Gasteiger partial charge on any atom is -0.465 e. The molecule has 5 aromatic rings. The van der Waals surface area contributed by atoms with Crippen LogP contribution in [-0.4, -0.2) is 32.2 Å². The number of rotatable bonds is 4. The van der Waals surface area contributed by atoms with E-state index in [1.165, 1.54) is 28.6 Å². The van der Waals surface area contributed by atoms with Gasteiger partial charge in [-0.15, -0.1) is 0 Å². The zero-order valence-electron chi connectivity index (χ0n) is 16.7. The molecule has 0 aliphatic rings. The van der Waals surface area contributed by atoms with Crippen molar-refractivity contribution >= 4 is 22.5 Å². The molecule has 0 fully saturated rings. The molecule has 0 atom stereocenters. The number of carbonyl (C=O) groups is 1. The van der Waals surface area contributed by atoms with Gasteiger partial charge in [0.05, 0.1) is 30.8 Å². The predicted molar refractivity (Wildman–Crippen MR) is 117 cm³/mol. The zero-order chi connectivity index (χ0) is 21.4. The Kier molecular flexibility index (Phi) is 4.55. The van der Waals surface area contributed by atoms with Crippen LogP contribution in [0.2, 0.25) is 0 Å². The average Bonchev–Trinajstić information content (AvgIpc) is 3.26. The van der Waals surface area contributed by atoms with Gasteiger partial charge in [-0.1, -0.05) is 60.7 Å². The number of benzene rings is 2. The third-order valence-corrected chi connectivity index (χ3v) is 5.24. The second-order valence-electron chi connectivity index (χ2n) is 7.13. The van der Waals surface area contributed by atoms with Gasteiger partial charge in [0.15, 0.2) is 5.65 Å². The fourth-order valence-electron chi connectivity index (χ4n) is 3.76. The van der Waals surface area contributed by atoms with Gasteiger partial charge in [-0.3, -0.25) is 4.79 Å². The Bertz CT molecular complexity index is 1470. The number of aromatic nitrogens is 4. The highest BCUT2D eigenvalue weighted by atomic mass is 16.5. The molecule has 0 saturated heterocycles. The first kappa shape index (κ1) is 18.7. The molecule has 7 heteroatoms. The largest absolute Gasteiger partial charge is 0.465 e. The molecule has 0 unspecified atom stereocenters. The lowest BCUT2D eigenvalue weighted by Gasteiger charge is -2.12. The number of nitrogens with zero attached hydrogens (tertiary/aromatic N) is 4. The average molecular weight is 410 g/mol. The number of ether oxygens (including phenoxy) is 1. The lowest BCUT2D eigenvalue weighted by molar-refractivity contribution is 0.0601. The van der Waals surface area contributed by atoms with Crippen molar-refractivity contribution in [2.75, 3.05) is 7.11 Å². The molecule has 0 N–H and O–H groups in total. The van der Waals surface area contributed by atoms with Crippen molar-refractivity contribution in [1.29, 1.82) is 0 Å². The number of hydrogen-bond donors (Lipinski definition) is 0. The van der Waals surface area contributed by atoms with Crippen LogP contribution in [0.15, 0.2) is 84.0 Å². The molecule has 0 saturated carbocycles. The molecule has 152 valence electrons. The second-order valence-corrected chi connectivity index (χ2v) is 7.13. The molecular weight excluding hydrogens is 392 g/mol. The van der Waals surface area contributed by atoms with Gasteiger partial charge in [-0.25, -0.2) is 14.3 Å². The van der Waals surface area contributed by atoms with Gasteiger partial charge in [0.2, 0.25) is 0 Å². The Labute approximate surface area is 177 Å². The van der Waals surface area contributed by atoms with E-state index in [9.17, 15) is 9.59 Å². The minimum absolute atomic E-state index is 0.252. The van der Waals surface area contributed by atoms with Crippen LogP contribution in [-0.2, 0) is 11.3 Å². The molecule has 2 aromatic carbocycles. The summed E-state index contributed by atoms with van der Waals surface area (Å²) in [6.07, 6.45) is 4.73. The van der Waals surface area contributed by atoms with E-state index < -0.39 is 5.97 Å². The van der Waals surface area contributed by atoms with Crippen molar-refractivity contribution < 1.29 is 9.53 Å². The predicted octanol–water partition coefficient (Wildman–Crippen LogP) is 3.55. The van der Waals surface area contributed by atoms with Crippen LogP contribution in [0.25, 0.3) is 27.7 Å². The van der Waals surface area contributed by atoms with Crippen LogP contribution in [0.4, 0.5) is 0 Å². The maximum atomic E-state index is 13.2. The van der Waals surface area contributed by atoms with Crippen molar-refractivity contribution in [3.05, 3.63) is 101 Å². The highest BCUT2D eigenvalue weighted by Crippen LogP contribution is 2.26. The normalized spacial score (nSPS) is 11.1. The molecule has 0 bridgehead atoms.